The molecular weight excluding hydrogens is 319 g/mol. The predicted octanol–water partition coefficient (Wildman–Crippen LogP) is 2.59. The topological polar surface area (TPSA) is 53.4 Å². The van der Waals surface area contributed by atoms with Crippen LogP contribution in [0.5, 0.6) is 0 Å². The van der Waals surface area contributed by atoms with Gasteiger partial charge in [-0.25, -0.2) is 28.1 Å². The molecule has 0 spiro atoms. The fourth-order valence-electron chi connectivity index (χ4n) is 2.83. The quantitative estimate of drug-likeness (QED) is 0.912. The van der Waals surface area contributed by atoms with Crippen molar-refractivity contribution in [2.45, 2.75) is 18.8 Å². The summed E-state index contributed by atoms with van der Waals surface area (Å²) in [7, 11) is 0. The zero-order chi connectivity index (χ0) is 17.1. The van der Waals surface area contributed by atoms with Crippen molar-refractivity contribution in [3.8, 4) is 0 Å². The van der Waals surface area contributed by atoms with Gasteiger partial charge in [-0.1, -0.05) is 13.0 Å². The summed E-state index contributed by atoms with van der Waals surface area (Å²) in [5, 5.41) is 1.77. The number of nitrogens with zero attached hydrogens (tertiary/aromatic N) is 4. The van der Waals surface area contributed by atoms with Crippen LogP contribution in [-0.2, 0) is 0 Å². The third kappa shape index (κ3) is 3.38. The van der Waals surface area contributed by atoms with Gasteiger partial charge in [-0.15, -0.1) is 0 Å². The Hall–Kier alpha value is -2.48. The van der Waals surface area contributed by atoms with E-state index in [1.54, 1.807) is 11.9 Å². The molecule has 1 aliphatic rings. The zero-order valence-electron chi connectivity index (χ0n) is 13.0. The van der Waals surface area contributed by atoms with Crippen molar-refractivity contribution in [3.05, 3.63) is 59.4 Å². The lowest BCUT2D eigenvalue weighted by molar-refractivity contribution is 0.235. The smallest absolute Gasteiger partial charge is 0.163 e. The Morgan fingerprint density at radius 2 is 2.08 bits per heavy atom. The number of hydrogen-bond acceptors (Lipinski definition) is 5. The molecule has 0 saturated carbocycles. The molecule has 0 bridgehead atoms. The van der Waals surface area contributed by atoms with Crippen LogP contribution in [0, 0.1) is 17.5 Å². The SMILES string of the molecule is CC(c1ncncc1F)C(CN1CN=CN1)c1ccc(F)cc1F. The molecule has 2 atom stereocenters. The van der Waals surface area contributed by atoms with Gasteiger partial charge in [-0.05, 0) is 11.6 Å². The number of nitrogens with one attached hydrogen (secondary N) is 1. The number of rotatable bonds is 5. The fraction of sp³-hybridized carbons (Fsp3) is 0.312. The third-order valence-corrected chi connectivity index (χ3v) is 4.09. The van der Waals surface area contributed by atoms with E-state index in [-0.39, 0.29) is 5.69 Å². The summed E-state index contributed by atoms with van der Waals surface area (Å²) in [6.45, 7) is 2.52. The number of halogens is 3. The Kier molecular flexibility index (Phi) is 4.75. The molecule has 0 radical (unpaired) electrons. The molecule has 1 N–H and O–H groups in total. The van der Waals surface area contributed by atoms with E-state index >= 15 is 0 Å². The van der Waals surface area contributed by atoms with Crippen LogP contribution in [0.4, 0.5) is 13.2 Å². The summed E-state index contributed by atoms with van der Waals surface area (Å²) in [6, 6.07) is 3.42. The fourth-order valence-corrected chi connectivity index (χ4v) is 2.83. The van der Waals surface area contributed by atoms with E-state index in [1.807, 2.05) is 0 Å². The van der Waals surface area contributed by atoms with Crippen LogP contribution in [0.15, 0.2) is 35.7 Å². The van der Waals surface area contributed by atoms with E-state index in [9.17, 15) is 13.2 Å². The highest BCUT2D eigenvalue weighted by Gasteiger charge is 2.29. The molecule has 2 heterocycles. The van der Waals surface area contributed by atoms with Gasteiger partial charge in [0, 0.05) is 24.4 Å². The zero-order valence-corrected chi connectivity index (χ0v) is 13.0. The Morgan fingerprint density at radius 3 is 2.75 bits per heavy atom. The molecule has 2 unspecified atom stereocenters. The Balaban J connectivity index is 1.96. The summed E-state index contributed by atoms with van der Waals surface area (Å²) in [6.07, 6.45) is 3.87. The molecular formula is C16H16F3N5. The first-order valence-electron chi connectivity index (χ1n) is 7.46. The van der Waals surface area contributed by atoms with Crippen LogP contribution >= 0.6 is 0 Å². The van der Waals surface area contributed by atoms with Gasteiger partial charge in [0.25, 0.3) is 0 Å². The maximum Gasteiger partial charge on any atom is 0.163 e. The maximum absolute atomic E-state index is 14.3. The van der Waals surface area contributed by atoms with Gasteiger partial charge in [-0.2, -0.15) is 0 Å². The molecule has 126 valence electrons. The lowest BCUT2D eigenvalue weighted by atomic mass is 9.84. The Bertz CT molecular complexity index is 744. The predicted molar refractivity (Wildman–Crippen MR) is 82.7 cm³/mol. The summed E-state index contributed by atoms with van der Waals surface area (Å²) < 4.78 is 41.6. The van der Waals surface area contributed by atoms with E-state index in [1.165, 1.54) is 24.8 Å². The van der Waals surface area contributed by atoms with Crippen LogP contribution in [0.1, 0.15) is 30.0 Å². The average molecular weight is 335 g/mol. The van der Waals surface area contributed by atoms with Crippen LogP contribution in [0.25, 0.3) is 0 Å². The molecule has 5 nitrogen and oxygen atoms in total. The average Bonchev–Trinajstić information content (AvgIpc) is 3.06. The lowest BCUT2D eigenvalue weighted by Gasteiger charge is -2.28. The number of hydrogen-bond donors (Lipinski definition) is 1. The first-order valence-corrected chi connectivity index (χ1v) is 7.46. The Morgan fingerprint density at radius 1 is 1.25 bits per heavy atom. The summed E-state index contributed by atoms with van der Waals surface area (Å²) >= 11 is 0. The second-order valence-electron chi connectivity index (χ2n) is 5.62. The third-order valence-electron chi connectivity index (χ3n) is 4.09. The van der Waals surface area contributed by atoms with Crippen molar-refractivity contribution < 1.29 is 13.2 Å². The standard InChI is InChI=1S/C16H16F3N5/c1-10(16-15(19)5-20-7-22-16)13(6-24-9-21-8-23-24)12-3-2-11(17)4-14(12)18/h2-5,7-8,10,13H,6,9H2,1H3,(H,21,23). The van der Waals surface area contributed by atoms with Crippen LogP contribution in [0.3, 0.4) is 0 Å². The summed E-state index contributed by atoms with van der Waals surface area (Å²) in [5.41, 5.74) is 3.42. The molecule has 0 fully saturated rings. The molecule has 1 aromatic heterocycles. The molecule has 3 rings (SSSR count). The molecule has 0 amide bonds. The molecule has 24 heavy (non-hydrogen) atoms. The van der Waals surface area contributed by atoms with E-state index in [0.29, 0.717) is 18.8 Å². The molecule has 8 heteroatoms. The lowest BCUT2D eigenvalue weighted by Crippen LogP contribution is -2.37. The van der Waals surface area contributed by atoms with Gasteiger partial charge >= 0.3 is 0 Å². The highest BCUT2D eigenvalue weighted by molar-refractivity contribution is 5.55. The van der Waals surface area contributed by atoms with Gasteiger partial charge in [-0.3, -0.25) is 4.99 Å². The Labute approximate surface area is 137 Å². The van der Waals surface area contributed by atoms with Gasteiger partial charge in [0.15, 0.2) is 5.82 Å². The van der Waals surface area contributed by atoms with Crippen molar-refractivity contribution in [2.75, 3.05) is 13.2 Å². The number of hydrazine groups is 1. The van der Waals surface area contributed by atoms with E-state index in [0.717, 1.165) is 12.3 Å². The molecule has 0 saturated heterocycles. The van der Waals surface area contributed by atoms with Crippen LogP contribution in [-0.4, -0.2) is 34.5 Å². The minimum Gasteiger partial charge on any atom is -0.308 e. The van der Waals surface area contributed by atoms with Gasteiger partial charge in [0.05, 0.1) is 18.2 Å². The van der Waals surface area contributed by atoms with Crippen molar-refractivity contribution in [1.29, 1.82) is 0 Å². The second-order valence-corrected chi connectivity index (χ2v) is 5.62. The number of benzene rings is 1. The van der Waals surface area contributed by atoms with Gasteiger partial charge in [0.2, 0.25) is 0 Å². The van der Waals surface area contributed by atoms with Crippen molar-refractivity contribution >= 4 is 6.34 Å². The normalized spacial score (nSPS) is 16.8. The molecule has 1 aliphatic heterocycles. The summed E-state index contributed by atoms with van der Waals surface area (Å²) in [5.74, 6) is -2.78. The van der Waals surface area contributed by atoms with Crippen LogP contribution in [0.2, 0.25) is 0 Å². The molecule has 1 aromatic carbocycles. The molecule has 0 aliphatic carbocycles. The van der Waals surface area contributed by atoms with Crippen molar-refractivity contribution in [2.24, 2.45) is 4.99 Å². The minimum atomic E-state index is -0.665. The highest BCUT2D eigenvalue weighted by Crippen LogP contribution is 2.35. The van der Waals surface area contributed by atoms with Crippen LogP contribution < -0.4 is 5.43 Å². The van der Waals surface area contributed by atoms with Gasteiger partial charge < -0.3 is 5.43 Å². The first-order chi connectivity index (χ1) is 11.6. The van der Waals surface area contributed by atoms with E-state index < -0.39 is 29.3 Å². The largest absolute Gasteiger partial charge is 0.308 e. The summed E-state index contributed by atoms with van der Waals surface area (Å²) in [4.78, 5) is 11.7. The second kappa shape index (κ2) is 6.96. The minimum absolute atomic E-state index is 0.193. The van der Waals surface area contributed by atoms with E-state index in [4.69, 9.17) is 0 Å². The monoisotopic (exact) mass is 335 g/mol. The van der Waals surface area contributed by atoms with E-state index in [2.05, 4.69) is 20.4 Å². The maximum atomic E-state index is 14.3. The highest BCUT2D eigenvalue weighted by atomic mass is 19.1. The van der Waals surface area contributed by atoms with Crippen molar-refractivity contribution in [3.63, 3.8) is 0 Å². The van der Waals surface area contributed by atoms with Gasteiger partial charge in [0.1, 0.15) is 24.6 Å². The first kappa shape index (κ1) is 16.4. The van der Waals surface area contributed by atoms with Crippen molar-refractivity contribution in [1.82, 2.24) is 20.4 Å². The number of aliphatic imine (C=N–C) groups is 1. The molecule has 2 aromatic rings. The number of aromatic nitrogens is 2.